The molecule has 0 N–H and O–H groups in total. The maximum atomic E-state index is 11.9. The molecule has 24 heavy (non-hydrogen) atoms. The molecule has 0 aromatic heterocycles. The molecule has 1 spiro atoms. The summed E-state index contributed by atoms with van der Waals surface area (Å²) < 4.78 is 11.7. The molecular formula is C21H32O3. The normalized spacial score (nSPS) is 43.7. The average Bonchev–Trinajstić information content (AvgIpc) is 2.83. The standard InChI is InChI=1S/C21H32O3/c1-15-8-9-16-18(2,3)10-7-11-20(16,5)21(15)13-12-19(4,24-21)14-17(22)23-6/h8-9,16H,1,7,10-14H2,2-6H3/t16-,19+,20+,21-/m1/s1. The highest BCUT2D eigenvalue weighted by molar-refractivity contribution is 5.70. The minimum Gasteiger partial charge on any atom is -0.469 e. The minimum atomic E-state index is -0.462. The van der Waals surface area contributed by atoms with E-state index in [0.29, 0.717) is 12.3 Å². The van der Waals surface area contributed by atoms with Crippen molar-refractivity contribution in [1.82, 2.24) is 0 Å². The minimum absolute atomic E-state index is 0.0362. The van der Waals surface area contributed by atoms with Gasteiger partial charge in [-0.1, -0.05) is 45.9 Å². The van der Waals surface area contributed by atoms with Crippen molar-refractivity contribution < 1.29 is 14.3 Å². The van der Waals surface area contributed by atoms with Gasteiger partial charge in [-0.15, -0.1) is 0 Å². The summed E-state index contributed by atoms with van der Waals surface area (Å²) in [6.07, 6.45) is 10.3. The van der Waals surface area contributed by atoms with Crippen LogP contribution in [0.25, 0.3) is 0 Å². The van der Waals surface area contributed by atoms with Crippen LogP contribution in [0.5, 0.6) is 0 Å². The van der Waals surface area contributed by atoms with Crippen molar-refractivity contribution in [1.29, 1.82) is 0 Å². The molecule has 3 aliphatic rings. The second-order valence-corrected chi connectivity index (χ2v) is 9.25. The van der Waals surface area contributed by atoms with Crippen molar-refractivity contribution >= 4 is 5.97 Å². The van der Waals surface area contributed by atoms with Crippen LogP contribution in [0.4, 0.5) is 0 Å². The van der Waals surface area contributed by atoms with Gasteiger partial charge in [-0.3, -0.25) is 4.79 Å². The molecule has 0 aromatic carbocycles. The van der Waals surface area contributed by atoms with E-state index in [2.05, 4.69) is 46.4 Å². The zero-order valence-corrected chi connectivity index (χ0v) is 15.9. The lowest BCUT2D eigenvalue weighted by molar-refractivity contribution is -0.183. The largest absolute Gasteiger partial charge is 0.469 e. The van der Waals surface area contributed by atoms with Gasteiger partial charge < -0.3 is 9.47 Å². The SMILES string of the molecule is C=C1C=C[C@@H]2C(C)(C)CCC[C@]2(C)[C@@]12CC[C@@](C)(CC(=O)OC)O2. The van der Waals surface area contributed by atoms with E-state index in [4.69, 9.17) is 9.47 Å². The number of esters is 1. The van der Waals surface area contributed by atoms with Gasteiger partial charge in [0.15, 0.2) is 0 Å². The van der Waals surface area contributed by atoms with Crippen molar-refractivity contribution in [2.75, 3.05) is 7.11 Å². The zero-order valence-electron chi connectivity index (χ0n) is 15.9. The number of hydrogen-bond donors (Lipinski definition) is 0. The van der Waals surface area contributed by atoms with Crippen LogP contribution in [0.3, 0.4) is 0 Å². The third kappa shape index (κ3) is 2.39. The van der Waals surface area contributed by atoms with Crippen molar-refractivity contribution in [2.45, 2.75) is 77.4 Å². The summed E-state index contributed by atoms with van der Waals surface area (Å²) in [5.41, 5.74) is 0.562. The molecule has 3 nitrogen and oxygen atoms in total. The summed E-state index contributed by atoms with van der Waals surface area (Å²) in [5, 5.41) is 0. The number of carbonyl (C=O) groups is 1. The highest BCUT2D eigenvalue weighted by atomic mass is 16.5. The molecule has 4 atom stereocenters. The van der Waals surface area contributed by atoms with Gasteiger partial charge in [0.1, 0.15) is 0 Å². The molecule has 1 aliphatic heterocycles. The summed E-state index contributed by atoms with van der Waals surface area (Å²) in [5.74, 6) is 0.280. The van der Waals surface area contributed by atoms with Crippen LogP contribution in [0, 0.1) is 16.7 Å². The Balaban J connectivity index is 1.99. The lowest BCUT2D eigenvalue weighted by Crippen LogP contribution is -2.59. The fraction of sp³-hybridized carbons (Fsp3) is 0.762. The van der Waals surface area contributed by atoms with Crippen LogP contribution in [0.2, 0.25) is 0 Å². The van der Waals surface area contributed by atoms with Crippen molar-refractivity contribution in [2.24, 2.45) is 16.7 Å². The van der Waals surface area contributed by atoms with Gasteiger partial charge in [0.05, 0.1) is 24.7 Å². The molecule has 3 heteroatoms. The summed E-state index contributed by atoms with van der Waals surface area (Å²) in [6.45, 7) is 13.6. The van der Waals surface area contributed by atoms with Crippen LogP contribution in [-0.4, -0.2) is 24.3 Å². The zero-order chi connectivity index (χ0) is 17.8. The van der Waals surface area contributed by atoms with E-state index in [9.17, 15) is 4.79 Å². The lowest BCUT2D eigenvalue weighted by Gasteiger charge is -2.60. The number of ether oxygens (including phenoxy) is 2. The van der Waals surface area contributed by atoms with E-state index < -0.39 is 5.60 Å². The summed E-state index contributed by atoms with van der Waals surface area (Å²) in [7, 11) is 1.44. The predicted molar refractivity (Wildman–Crippen MR) is 95.6 cm³/mol. The number of hydrogen-bond acceptors (Lipinski definition) is 3. The smallest absolute Gasteiger partial charge is 0.308 e. The number of carbonyl (C=O) groups excluding carboxylic acids is 1. The highest BCUT2D eigenvalue weighted by Gasteiger charge is 2.64. The molecule has 2 fully saturated rings. The summed E-state index contributed by atoms with van der Waals surface area (Å²) >= 11 is 0. The maximum Gasteiger partial charge on any atom is 0.308 e. The van der Waals surface area contributed by atoms with Crippen molar-refractivity contribution in [3.63, 3.8) is 0 Å². The van der Waals surface area contributed by atoms with Crippen LogP contribution in [0.15, 0.2) is 24.3 Å². The Hall–Kier alpha value is -1.09. The number of methoxy groups -OCH3 is 1. The first-order chi connectivity index (χ1) is 11.1. The van der Waals surface area contributed by atoms with Gasteiger partial charge in [-0.25, -0.2) is 0 Å². The predicted octanol–water partition coefficient (Wildman–Crippen LogP) is 4.82. The number of allylic oxidation sites excluding steroid dienone is 1. The number of rotatable bonds is 2. The Labute approximate surface area is 146 Å². The van der Waals surface area contributed by atoms with E-state index in [1.807, 2.05) is 0 Å². The van der Waals surface area contributed by atoms with Gasteiger partial charge in [-0.05, 0) is 49.5 Å². The Morgan fingerprint density at radius 3 is 2.62 bits per heavy atom. The fourth-order valence-corrected chi connectivity index (χ4v) is 5.82. The molecule has 0 amide bonds. The van der Waals surface area contributed by atoms with Crippen LogP contribution in [-0.2, 0) is 14.3 Å². The van der Waals surface area contributed by atoms with Crippen LogP contribution < -0.4 is 0 Å². The molecule has 0 bridgehead atoms. The fourth-order valence-electron chi connectivity index (χ4n) is 5.82. The number of fused-ring (bicyclic) bond motifs is 2. The molecule has 0 radical (unpaired) electrons. The van der Waals surface area contributed by atoms with Gasteiger partial charge in [0.2, 0.25) is 0 Å². The molecule has 1 saturated carbocycles. The Kier molecular flexibility index (Phi) is 4.03. The van der Waals surface area contributed by atoms with Crippen LogP contribution in [0.1, 0.15) is 66.2 Å². The van der Waals surface area contributed by atoms with E-state index in [-0.39, 0.29) is 22.4 Å². The van der Waals surface area contributed by atoms with Gasteiger partial charge >= 0.3 is 5.97 Å². The second-order valence-electron chi connectivity index (χ2n) is 9.25. The van der Waals surface area contributed by atoms with E-state index in [1.54, 1.807) is 0 Å². The van der Waals surface area contributed by atoms with Gasteiger partial charge in [0, 0.05) is 5.41 Å². The monoisotopic (exact) mass is 332 g/mol. The van der Waals surface area contributed by atoms with E-state index in [0.717, 1.165) is 24.8 Å². The molecular weight excluding hydrogens is 300 g/mol. The Morgan fingerprint density at radius 1 is 1.25 bits per heavy atom. The molecule has 3 rings (SSSR count). The summed E-state index contributed by atoms with van der Waals surface area (Å²) in [4.78, 5) is 11.9. The molecule has 0 unspecified atom stereocenters. The lowest BCUT2D eigenvalue weighted by atomic mass is 9.47. The molecule has 134 valence electrons. The van der Waals surface area contributed by atoms with Gasteiger partial charge in [0.25, 0.3) is 0 Å². The van der Waals surface area contributed by atoms with Crippen LogP contribution >= 0.6 is 0 Å². The third-order valence-electron chi connectivity index (χ3n) is 7.15. The molecule has 0 aromatic rings. The topological polar surface area (TPSA) is 35.5 Å². The summed E-state index contributed by atoms with van der Waals surface area (Å²) in [6, 6.07) is 0. The maximum absolute atomic E-state index is 11.9. The highest BCUT2D eigenvalue weighted by Crippen LogP contribution is 2.65. The first kappa shape index (κ1) is 17.7. The Bertz CT molecular complexity index is 590. The molecule has 1 heterocycles. The van der Waals surface area contributed by atoms with Crippen molar-refractivity contribution in [3.05, 3.63) is 24.3 Å². The first-order valence-electron chi connectivity index (χ1n) is 9.23. The Morgan fingerprint density at radius 2 is 1.96 bits per heavy atom. The quantitative estimate of drug-likeness (QED) is 0.680. The van der Waals surface area contributed by atoms with Crippen molar-refractivity contribution in [3.8, 4) is 0 Å². The third-order valence-corrected chi connectivity index (χ3v) is 7.15. The van der Waals surface area contributed by atoms with E-state index in [1.165, 1.54) is 20.0 Å². The average molecular weight is 332 g/mol. The van der Waals surface area contributed by atoms with Gasteiger partial charge in [-0.2, -0.15) is 0 Å². The van der Waals surface area contributed by atoms with E-state index >= 15 is 0 Å². The molecule has 2 aliphatic carbocycles. The first-order valence-corrected chi connectivity index (χ1v) is 9.23. The molecule has 1 saturated heterocycles. The second kappa shape index (κ2) is 5.45.